The van der Waals surface area contributed by atoms with E-state index in [0.29, 0.717) is 0 Å². The van der Waals surface area contributed by atoms with Crippen molar-refractivity contribution in [3.05, 3.63) is 0 Å². The highest BCUT2D eigenvalue weighted by Crippen LogP contribution is 2.23. The summed E-state index contributed by atoms with van der Waals surface area (Å²) >= 11 is 0. The lowest BCUT2D eigenvalue weighted by Crippen LogP contribution is -2.33. The molecule has 0 radical (unpaired) electrons. The summed E-state index contributed by atoms with van der Waals surface area (Å²) in [5.41, 5.74) is 0. The van der Waals surface area contributed by atoms with Crippen molar-refractivity contribution in [1.29, 1.82) is 0 Å². The van der Waals surface area contributed by atoms with Crippen LogP contribution in [0.25, 0.3) is 0 Å². The van der Waals surface area contributed by atoms with E-state index in [2.05, 4.69) is 19.2 Å². The number of hydrogen-bond donors (Lipinski definition) is 1. The smallest absolute Gasteiger partial charge is 0.00694 e. The molecule has 1 nitrogen and oxygen atoms in total. The van der Waals surface area contributed by atoms with E-state index in [0.717, 1.165) is 18.5 Å². The Morgan fingerprint density at radius 2 is 2.20 bits per heavy atom. The zero-order valence-corrected chi connectivity index (χ0v) is 7.19. The van der Waals surface area contributed by atoms with E-state index >= 15 is 0 Å². The molecule has 0 unspecified atom stereocenters. The van der Waals surface area contributed by atoms with Gasteiger partial charge in [0.15, 0.2) is 0 Å². The Morgan fingerprint density at radius 1 is 1.40 bits per heavy atom. The van der Waals surface area contributed by atoms with Gasteiger partial charge < -0.3 is 5.32 Å². The van der Waals surface area contributed by atoms with Gasteiger partial charge in [-0.3, -0.25) is 0 Å². The summed E-state index contributed by atoms with van der Waals surface area (Å²) in [5, 5.41) is 3.51. The molecule has 0 heterocycles. The standard InChI is InChI=1S/C9H19N/c1-3-10-9-6-4-5-8(2)7-9/h8-10H,3-7H2,1-2H3/t8-,9+/m0/s1. The minimum atomic E-state index is 0.828. The fourth-order valence-electron chi connectivity index (χ4n) is 1.91. The summed E-state index contributed by atoms with van der Waals surface area (Å²) in [6.07, 6.45) is 5.67. The molecule has 1 fully saturated rings. The van der Waals surface area contributed by atoms with Crippen LogP contribution in [0.2, 0.25) is 0 Å². The van der Waals surface area contributed by atoms with Gasteiger partial charge in [-0.2, -0.15) is 0 Å². The van der Waals surface area contributed by atoms with Gasteiger partial charge in [0.2, 0.25) is 0 Å². The van der Waals surface area contributed by atoms with Gasteiger partial charge >= 0.3 is 0 Å². The molecule has 60 valence electrons. The Balaban J connectivity index is 2.18. The van der Waals surface area contributed by atoms with Crippen molar-refractivity contribution in [2.75, 3.05) is 6.54 Å². The average Bonchev–Trinajstić information content (AvgIpc) is 1.88. The number of rotatable bonds is 2. The van der Waals surface area contributed by atoms with E-state index in [1.807, 2.05) is 0 Å². The van der Waals surface area contributed by atoms with Crippen LogP contribution in [0.5, 0.6) is 0 Å². The van der Waals surface area contributed by atoms with E-state index in [4.69, 9.17) is 0 Å². The molecule has 0 amide bonds. The second-order valence-electron chi connectivity index (χ2n) is 3.53. The Bertz CT molecular complexity index is 88.7. The van der Waals surface area contributed by atoms with Crippen LogP contribution in [0.1, 0.15) is 39.5 Å². The molecule has 0 aliphatic heterocycles. The Morgan fingerprint density at radius 3 is 2.80 bits per heavy atom. The molecule has 1 aliphatic rings. The maximum Gasteiger partial charge on any atom is 0.00694 e. The lowest BCUT2D eigenvalue weighted by Gasteiger charge is -2.26. The van der Waals surface area contributed by atoms with Gasteiger partial charge in [-0.15, -0.1) is 0 Å². The fraction of sp³-hybridized carbons (Fsp3) is 1.00. The second kappa shape index (κ2) is 3.97. The molecule has 1 saturated carbocycles. The molecule has 10 heavy (non-hydrogen) atoms. The minimum Gasteiger partial charge on any atom is -0.314 e. The van der Waals surface area contributed by atoms with E-state index in [9.17, 15) is 0 Å². The molecule has 0 saturated heterocycles. The summed E-state index contributed by atoms with van der Waals surface area (Å²) in [6.45, 7) is 5.69. The first kappa shape index (κ1) is 8.06. The zero-order chi connectivity index (χ0) is 7.40. The predicted octanol–water partition coefficient (Wildman–Crippen LogP) is 2.17. The van der Waals surface area contributed by atoms with Crippen molar-refractivity contribution in [2.45, 2.75) is 45.6 Å². The Kier molecular flexibility index (Phi) is 3.20. The van der Waals surface area contributed by atoms with Crippen molar-refractivity contribution >= 4 is 0 Å². The lowest BCUT2D eigenvalue weighted by molar-refractivity contribution is 0.305. The monoisotopic (exact) mass is 141 g/mol. The minimum absolute atomic E-state index is 0.828. The third kappa shape index (κ3) is 2.30. The molecule has 0 aromatic rings. The molecule has 0 bridgehead atoms. The topological polar surface area (TPSA) is 12.0 Å². The largest absolute Gasteiger partial charge is 0.314 e. The van der Waals surface area contributed by atoms with E-state index in [1.165, 1.54) is 25.7 Å². The third-order valence-corrected chi connectivity index (χ3v) is 2.43. The molecule has 0 spiro atoms. The molecule has 1 rings (SSSR count). The molecular weight excluding hydrogens is 122 g/mol. The van der Waals surface area contributed by atoms with Crippen LogP contribution in [-0.4, -0.2) is 12.6 Å². The van der Waals surface area contributed by atoms with Crippen molar-refractivity contribution in [1.82, 2.24) is 5.32 Å². The normalized spacial score (nSPS) is 34.2. The van der Waals surface area contributed by atoms with E-state index < -0.39 is 0 Å². The molecule has 0 aromatic carbocycles. The fourth-order valence-corrected chi connectivity index (χ4v) is 1.91. The van der Waals surface area contributed by atoms with Crippen LogP contribution in [0.4, 0.5) is 0 Å². The van der Waals surface area contributed by atoms with Crippen LogP contribution in [0.15, 0.2) is 0 Å². The van der Waals surface area contributed by atoms with Gasteiger partial charge in [-0.25, -0.2) is 0 Å². The predicted molar refractivity (Wildman–Crippen MR) is 45.1 cm³/mol. The Labute approximate surface area is 64.2 Å². The maximum absolute atomic E-state index is 3.51. The van der Waals surface area contributed by atoms with Crippen molar-refractivity contribution in [2.24, 2.45) is 5.92 Å². The molecule has 1 aliphatic carbocycles. The second-order valence-corrected chi connectivity index (χ2v) is 3.53. The first-order valence-corrected chi connectivity index (χ1v) is 4.56. The average molecular weight is 141 g/mol. The summed E-state index contributed by atoms with van der Waals surface area (Å²) < 4.78 is 0. The van der Waals surface area contributed by atoms with Crippen molar-refractivity contribution in [3.63, 3.8) is 0 Å². The number of hydrogen-bond acceptors (Lipinski definition) is 1. The highest BCUT2D eigenvalue weighted by molar-refractivity contribution is 4.74. The van der Waals surface area contributed by atoms with Gasteiger partial charge in [0, 0.05) is 6.04 Å². The van der Waals surface area contributed by atoms with E-state index in [1.54, 1.807) is 0 Å². The van der Waals surface area contributed by atoms with Crippen LogP contribution < -0.4 is 5.32 Å². The molecule has 1 N–H and O–H groups in total. The van der Waals surface area contributed by atoms with Crippen LogP contribution in [0, 0.1) is 5.92 Å². The maximum atomic E-state index is 3.51. The van der Waals surface area contributed by atoms with E-state index in [-0.39, 0.29) is 0 Å². The van der Waals surface area contributed by atoms with Gasteiger partial charge in [0.05, 0.1) is 0 Å². The van der Waals surface area contributed by atoms with Gasteiger partial charge in [0.25, 0.3) is 0 Å². The molecular formula is C9H19N. The first-order chi connectivity index (χ1) is 4.83. The van der Waals surface area contributed by atoms with Gasteiger partial charge in [0.1, 0.15) is 0 Å². The van der Waals surface area contributed by atoms with Crippen molar-refractivity contribution < 1.29 is 0 Å². The quantitative estimate of drug-likeness (QED) is 0.621. The van der Waals surface area contributed by atoms with Gasteiger partial charge in [-0.05, 0) is 25.3 Å². The highest BCUT2D eigenvalue weighted by atomic mass is 14.9. The third-order valence-electron chi connectivity index (χ3n) is 2.43. The first-order valence-electron chi connectivity index (χ1n) is 4.56. The number of nitrogens with one attached hydrogen (secondary N) is 1. The Hall–Kier alpha value is -0.0400. The summed E-state index contributed by atoms with van der Waals surface area (Å²) in [4.78, 5) is 0. The lowest BCUT2D eigenvalue weighted by atomic mass is 9.87. The van der Waals surface area contributed by atoms with Crippen molar-refractivity contribution in [3.8, 4) is 0 Å². The van der Waals surface area contributed by atoms with Crippen LogP contribution in [0.3, 0.4) is 0 Å². The van der Waals surface area contributed by atoms with Crippen LogP contribution in [-0.2, 0) is 0 Å². The molecule has 2 atom stereocenters. The summed E-state index contributed by atoms with van der Waals surface area (Å²) in [6, 6.07) is 0.828. The van der Waals surface area contributed by atoms with Gasteiger partial charge in [-0.1, -0.05) is 26.7 Å². The molecule has 0 aromatic heterocycles. The highest BCUT2D eigenvalue weighted by Gasteiger charge is 2.16. The summed E-state index contributed by atoms with van der Waals surface area (Å²) in [5.74, 6) is 0.956. The summed E-state index contributed by atoms with van der Waals surface area (Å²) in [7, 11) is 0. The molecule has 1 heteroatoms. The SMILES string of the molecule is CCN[C@@H]1CCC[C@H](C)C1. The van der Waals surface area contributed by atoms with Crippen LogP contribution >= 0.6 is 0 Å². The zero-order valence-electron chi connectivity index (χ0n) is 7.19.